The molecule has 1 heterocycles. The Morgan fingerprint density at radius 1 is 1.00 bits per heavy atom. The van der Waals surface area contributed by atoms with Crippen LogP contribution < -0.4 is 5.43 Å². The zero-order chi connectivity index (χ0) is 13.8. The topological polar surface area (TPSA) is 36.8 Å². The summed E-state index contributed by atoms with van der Waals surface area (Å²) in [6.45, 7) is 2.22. The van der Waals surface area contributed by atoms with E-state index in [1.807, 2.05) is 48.5 Å². The Bertz CT molecular complexity index is 635. The molecule has 100 valence electrons. The number of benzene rings is 2. The number of hydrogen-bond acceptors (Lipinski definition) is 2. The number of hydrazone groups is 1. The van der Waals surface area contributed by atoms with Crippen molar-refractivity contribution in [2.75, 3.05) is 0 Å². The number of nitrogens with zero attached hydrogens (tertiary/aromatic N) is 2. The maximum atomic E-state index is 4.62. The van der Waals surface area contributed by atoms with Crippen LogP contribution in [-0.4, -0.2) is 25.4 Å². The summed E-state index contributed by atoms with van der Waals surface area (Å²) in [6.07, 6.45) is 0. The van der Waals surface area contributed by atoms with Crippen LogP contribution in [0.2, 0.25) is 4.82 Å². The molecule has 0 amide bonds. The molecule has 0 spiro atoms. The van der Waals surface area contributed by atoms with Gasteiger partial charge in [-0.3, -0.25) is 0 Å². The molecule has 3 rings (SSSR count). The third-order valence-corrected chi connectivity index (χ3v) is 5.06. The van der Waals surface area contributed by atoms with Gasteiger partial charge in [-0.05, 0) is 0 Å². The fraction of sp³-hybridized carbons (Fsp3) is 0.125. The van der Waals surface area contributed by atoms with Gasteiger partial charge in [0.25, 0.3) is 0 Å². The van der Waals surface area contributed by atoms with E-state index in [0.717, 1.165) is 16.1 Å². The Labute approximate surface area is 125 Å². The van der Waals surface area contributed by atoms with E-state index in [1.165, 1.54) is 5.56 Å². The molecule has 1 aliphatic rings. The molecular weight excluding hydrogens is 313 g/mol. The van der Waals surface area contributed by atoms with Gasteiger partial charge in [-0.2, -0.15) is 0 Å². The van der Waals surface area contributed by atoms with E-state index in [2.05, 4.69) is 34.6 Å². The number of hydrogen-bond donors (Lipinski definition) is 1. The molecule has 0 bridgehead atoms. The van der Waals surface area contributed by atoms with Crippen LogP contribution in [0.4, 0.5) is 5.69 Å². The molecule has 1 unspecified atom stereocenters. The Kier molecular flexibility index (Phi) is 3.95. The number of aliphatic imine (C=N–C) groups is 1. The summed E-state index contributed by atoms with van der Waals surface area (Å²) in [6, 6.07) is 20.3. The van der Waals surface area contributed by atoms with Crippen LogP contribution in [0.1, 0.15) is 12.5 Å². The van der Waals surface area contributed by atoms with Crippen molar-refractivity contribution in [3.05, 3.63) is 66.2 Å². The van der Waals surface area contributed by atoms with Gasteiger partial charge in [-0.1, -0.05) is 0 Å². The Hall–Kier alpha value is -1.90. The standard InChI is InChI=1S/C16H15N3Se/c1-12-15(13-8-4-2-5-9-13)18-19-16(20-12)17-14-10-6-3-7-11-14/h2-12H,1H3,(H,17,19). The van der Waals surface area contributed by atoms with Crippen molar-refractivity contribution in [3.8, 4) is 0 Å². The van der Waals surface area contributed by atoms with E-state index in [9.17, 15) is 0 Å². The monoisotopic (exact) mass is 329 g/mol. The van der Waals surface area contributed by atoms with Crippen LogP contribution >= 0.6 is 0 Å². The molecule has 0 fully saturated rings. The van der Waals surface area contributed by atoms with Gasteiger partial charge in [0.05, 0.1) is 0 Å². The number of amidine groups is 1. The van der Waals surface area contributed by atoms with Crippen molar-refractivity contribution in [2.45, 2.75) is 11.7 Å². The van der Waals surface area contributed by atoms with Gasteiger partial charge in [0, 0.05) is 0 Å². The second-order valence-electron chi connectivity index (χ2n) is 4.49. The number of para-hydroxylation sites is 1. The van der Waals surface area contributed by atoms with Crippen molar-refractivity contribution < 1.29 is 0 Å². The number of nitrogens with one attached hydrogen (secondary N) is 1. The second kappa shape index (κ2) is 6.04. The third kappa shape index (κ3) is 2.98. The fourth-order valence-corrected chi connectivity index (χ4v) is 3.90. The zero-order valence-corrected chi connectivity index (χ0v) is 12.9. The molecule has 3 nitrogen and oxygen atoms in total. The van der Waals surface area contributed by atoms with Crippen LogP contribution in [0, 0.1) is 0 Å². The summed E-state index contributed by atoms with van der Waals surface area (Å²) in [4.78, 5) is 5.05. The first kappa shape index (κ1) is 13.1. The van der Waals surface area contributed by atoms with Gasteiger partial charge < -0.3 is 0 Å². The summed E-state index contributed by atoms with van der Waals surface area (Å²) in [5.41, 5.74) is 6.40. The summed E-state index contributed by atoms with van der Waals surface area (Å²) in [5.74, 6) is 0. The molecule has 0 radical (unpaired) electrons. The van der Waals surface area contributed by atoms with Crippen LogP contribution in [-0.2, 0) is 0 Å². The predicted molar refractivity (Wildman–Crippen MR) is 84.8 cm³/mol. The average Bonchev–Trinajstić information content (AvgIpc) is 2.49. The Balaban J connectivity index is 1.82. The second-order valence-corrected chi connectivity index (χ2v) is 7.28. The minimum absolute atomic E-state index is 0.267. The molecule has 20 heavy (non-hydrogen) atoms. The first-order valence-corrected chi connectivity index (χ1v) is 8.37. The average molecular weight is 328 g/mol. The summed E-state index contributed by atoms with van der Waals surface area (Å²) in [5, 5.41) is 4.51. The van der Waals surface area contributed by atoms with Crippen LogP contribution in [0.5, 0.6) is 0 Å². The summed E-state index contributed by atoms with van der Waals surface area (Å²) < 4.78 is 0.982. The molecule has 2 aromatic rings. The van der Waals surface area contributed by atoms with Crippen molar-refractivity contribution in [3.63, 3.8) is 0 Å². The van der Waals surface area contributed by atoms with Crippen molar-refractivity contribution in [1.82, 2.24) is 5.43 Å². The van der Waals surface area contributed by atoms with E-state index < -0.39 is 0 Å². The molecule has 1 atom stereocenters. The zero-order valence-electron chi connectivity index (χ0n) is 11.2. The minimum atomic E-state index is 0.267. The van der Waals surface area contributed by atoms with E-state index in [4.69, 9.17) is 0 Å². The van der Waals surface area contributed by atoms with Crippen molar-refractivity contribution in [1.29, 1.82) is 0 Å². The van der Waals surface area contributed by atoms with Gasteiger partial charge in [0.15, 0.2) is 0 Å². The summed E-state index contributed by atoms with van der Waals surface area (Å²) >= 11 is 0.267. The van der Waals surface area contributed by atoms with Gasteiger partial charge >= 0.3 is 125 Å². The first-order chi connectivity index (χ1) is 9.83. The first-order valence-electron chi connectivity index (χ1n) is 6.52. The van der Waals surface area contributed by atoms with E-state index >= 15 is 0 Å². The van der Waals surface area contributed by atoms with Gasteiger partial charge in [0.1, 0.15) is 0 Å². The van der Waals surface area contributed by atoms with Crippen molar-refractivity contribution in [2.24, 2.45) is 10.1 Å². The molecule has 4 heteroatoms. The van der Waals surface area contributed by atoms with E-state index in [1.54, 1.807) is 0 Å². The van der Waals surface area contributed by atoms with E-state index in [0.29, 0.717) is 4.82 Å². The molecular formula is C16H15N3Se. The van der Waals surface area contributed by atoms with Crippen LogP contribution in [0.3, 0.4) is 0 Å². The summed E-state index contributed by atoms with van der Waals surface area (Å²) in [7, 11) is 0. The third-order valence-electron chi connectivity index (χ3n) is 3.00. The van der Waals surface area contributed by atoms with E-state index in [-0.39, 0.29) is 15.0 Å². The van der Waals surface area contributed by atoms with Gasteiger partial charge in [0.2, 0.25) is 0 Å². The van der Waals surface area contributed by atoms with Crippen LogP contribution in [0.25, 0.3) is 0 Å². The molecule has 0 aliphatic carbocycles. The predicted octanol–water partition coefficient (Wildman–Crippen LogP) is 3.19. The fourth-order valence-electron chi connectivity index (χ4n) is 2.03. The molecule has 0 saturated heterocycles. The van der Waals surface area contributed by atoms with Crippen LogP contribution in [0.15, 0.2) is 70.8 Å². The molecule has 0 aromatic heterocycles. The Morgan fingerprint density at radius 3 is 2.30 bits per heavy atom. The maximum absolute atomic E-state index is 4.62. The normalized spacial score (nSPS) is 20.4. The van der Waals surface area contributed by atoms with Gasteiger partial charge in [-0.15, -0.1) is 0 Å². The molecule has 2 aromatic carbocycles. The van der Waals surface area contributed by atoms with Gasteiger partial charge in [-0.25, -0.2) is 0 Å². The molecule has 1 aliphatic heterocycles. The number of rotatable bonds is 2. The SMILES string of the molecule is CC1[Se]C(=Nc2ccccc2)NN=C1c1ccccc1. The molecule has 1 N–H and O–H groups in total. The van der Waals surface area contributed by atoms with Crippen molar-refractivity contribution >= 4 is 31.1 Å². The quantitative estimate of drug-likeness (QED) is 0.845. The Morgan fingerprint density at radius 2 is 1.65 bits per heavy atom. The molecule has 0 saturated carbocycles.